The highest BCUT2D eigenvalue weighted by atomic mass is 32.2. The number of unbranched alkanes of at least 4 members (excludes halogenated alkanes) is 3. The third-order valence-corrected chi connectivity index (χ3v) is 5.05. The number of thioether (sulfide) groups is 1. The van der Waals surface area contributed by atoms with Gasteiger partial charge in [0.2, 0.25) is 0 Å². The number of rotatable bonds is 7. The molecule has 6 heteroatoms. The lowest BCUT2D eigenvalue weighted by Gasteiger charge is -2.39. The molecule has 0 aromatic rings. The predicted octanol–water partition coefficient (Wildman–Crippen LogP) is 2.51. The molecule has 1 rings (SSSR count). The van der Waals surface area contributed by atoms with E-state index in [2.05, 4.69) is 33.8 Å². The smallest absolute Gasteiger partial charge is 0.305 e. The van der Waals surface area contributed by atoms with E-state index >= 15 is 0 Å². The third kappa shape index (κ3) is 7.38. The number of esters is 1. The van der Waals surface area contributed by atoms with Crippen LogP contribution in [-0.2, 0) is 9.53 Å². The van der Waals surface area contributed by atoms with Gasteiger partial charge in [0.1, 0.15) is 0 Å². The van der Waals surface area contributed by atoms with Crippen LogP contribution >= 0.6 is 11.8 Å². The van der Waals surface area contributed by atoms with Crippen LogP contribution in [0.4, 0.5) is 0 Å². The van der Waals surface area contributed by atoms with Crippen LogP contribution in [0.15, 0.2) is 4.99 Å². The van der Waals surface area contributed by atoms with E-state index in [9.17, 15) is 4.79 Å². The number of nitrogens with zero attached hydrogens (tertiary/aromatic N) is 2. The van der Waals surface area contributed by atoms with E-state index in [1.807, 2.05) is 18.8 Å². The van der Waals surface area contributed by atoms with Gasteiger partial charge in [-0.3, -0.25) is 9.79 Å². The summed E-state index contributed by atoms with van der Waals surface area (Å²) in [4.78, 5) is 17.8. The van der Waals surface area contributed by atoms with Crippen molar-refractivity contribution in [2.45, 2.75) is 50.7 Å². The van der Waals surface area contributed by atoms with Crippen molar-refractivity contribution in [2.75, 3.05) is 39.5 Å². The molecule has 0 aliphatic carbocycles. The Kier molecular flexibility index (Phi) is 8.68. The first-order valence-electron chi connectivity index (χ1n) is 8.15. The number of carbonyl (C=O) groups excluding carboxylic acids is 1. The van der Waals surface area contributed by atoms with Crippen molar-refractivity contribution in [3.05, 3.63) is 0 Å². The highest BCUT2D eigenvalue weighted by molar-refractivity contribution is 8.00. The van der Waals surface area contributed by atoms with Gasteiger partial charge in [-0.15, -0.1) is 0 Å². The average molecular weight is 330 g/mol. The van der Waals surface area contributed by atoms with E-state index in [-0.39, 0.29) is 5.97 Å². The molecule has 1 aliphatic rings. The zero-order chi connectivity index (χ0) is 16.4. The second-order valence-corrected chi connectivity index (χ2v) is 8.05. The van der Waals surface area contributed by atoms with Gasteiger partial charge in [0.15, 0.2) is 5.96 Å². The molecule has 0 amide bonds. The second kappa shape index (κ2) is 9.98. The molecule has 0 saturated carbocycles. The monoisotopic (exact) mass is 329 g/mol. The Balaban J connectivity index is 2.16. The summed E-state index contributed by atoms with van der Waals surface area (Å²) in [5.74, 6) is 2.06. The quantitative estimate of drug-likeness (QED) is 0.337. The van der Waals surface area contributed by atoms with Gasteiger partial charge in [0.25, 0.3) is 0 Å². The Hall–Kier alpha value is -0.910. The molecule has 1 aliphatic heterocycles. The van der Waals surface area contributed by atoms with Crippen LogP contribution in [0.3, 0.4) is 0 Å². The van der Waals surface area contributed by atoms with Crippen LogP contribution in [0.2, 0.25) is 0 Å². The molecule has 22 heavy (non-hydrogen) atoms. The zero-order valence-corrected chi connectivity index (χ0v) is 15.3. The average Bonchev–Trinajstić information content (AvgIpc) is 2.48. The van der Waals surface area contributed by atoms with Gasteiger partial charge in [0.05, 0.1) is 7.11 Å². The molecule has 5 nitrogen and oxygen atoms in total. The standard InChI is InChI=1S/C16H31N3O2S/c1-16(2)13-19(11-12-22-16)15(17-3)18-10-8-6-5-7-9-14(20)21-4/h5-13H2,1-4H3,(H,17,18). The Morgan fingerprint density at radius 3 is 2.68 bits per heavy atom. The van der Waals surface area contributed by atoms with Crippen LogP contribution < -0.4 is 5.32 Å². The summed E-state index contributed by atoms with van der Waals surface area (Å²) in [6.45, 7) is 7.62. The summed E-state index contributed by atoms with van der Waals surface area (Å²) in [5.41, 5.74) is 0. The largest absolute Gasteiger partial charge is 0.469 e. The molecule has 0 aromatic carbocycles. The van der Waals surface area contributed by atoms with Crippen molar-refractivity contribution in [2.24, 2.45) is 4.99 Å². The highest BCUT2D eigenvalue weighted by Crippen LogP contribution is 2.29. The summed E-state index contributed by atoms with van der Waals surface area (Å²) >= 11 is 2.03. The van der Waals surface area contributed by atoms with Gasteiger partial charge in [-0.25, -0.2) is 0 Å². The van der Waals surface area contributed by atoms with Crippen molar-refractivity contribution < 1.29 is 9.53 Å². The molecule has 0 spiro atoms. The van der Waals surface area contributed by atoms with Crippen molar-refractivity contribution in [3.8, 4) is 0 Å². The molecule has 0 aromatic heterocycles. The van der Waals surface area contributed by atoms with E-state index in [4.69, 9.17) is 0 Å². The number of aliphatic imine (C=N–C) groups is 1. The van der Waals surface area contributed by atoms with Crippen LogP contribution in [0.25, 0.3) is 0 Å². The van der Waals surface area contributed by atoms with Crippen LogP contribution in [0.1, 0.15) is 46.0 Å². The fourth-order valence-corrected chi connectivity index (χ4v) is 3.69. The van der Waals surface area contributed by atoms with E-state index in [1.165, 1.54) is 7.11 Å². The molecular formula is C16H31N3O2S. The Morgan fingerprint density at radius 2 is 2.05 bits per heavy atom. The summed E-state index contributed by atoms with van der Waals surface area (Å²) in [6, 6.07) is 0. The minimum absolute atomic E-state index is 0.107. The van der Waals surface area contributed by atoms with Crippen LogP contribution in [0.5, 0.6) is 0 Å². The molecule has 1 fully saturated rings. The molecule has 128 valence electrons. The minimum Gasteiger partial charge on any atom is -0.469 e. The summed E-state index contributed by atoms with van der Waals surface area (Å²) in [5, 5.41) is 3.46. The molecule has 0 bridgehead atoms. The van der Waals surface area contributed by atoms with E-state index in [1.54, 1.807) is 0 Å². The van der Waals surface area contributed by atoms with Crippen LogP contribution in [0, 0.1) is 0 Å². The summed E-state index contributed by atoms with van der Waals surface area (Å²) < 4.78 is 4.93. The number of nitrogens with one attached hydrogen (secondary N) is 1. The topological polar surface area (TPSA) is 53.9 Å². The zero-order valence-electron chi connectivity index (χ0n) is 14.5. The van der Waals surface area contributed by atoms with Gasteiger partial charge in [-0.05, 0) is 26.7 Å². The van der Waals surface area contributed by atoms with E-state index < -0.39 is 0 Å². The summed E-state index contributed by atoms with van der Waals surface area (Å²) in [7, 11) is 3.30. The minimum atomic E-state index is -0.107. The maximum absolute atomic E-state index is 11.0. The first kappa shape index (κ1) is 19.1. The third-order valence-electron chi connectivity index (χ3n) is 3.76. The molecular weight excluding hydrogens is 298 g/mol. The maximum Gasteiger partial charge on any atom is 0.305 e. The van der Waals surface area contributed by atoms with E-state index in [0.717, 1.165) is 57.0 Å². The molecule has 0 atom stereocenters. The van der Waals surface area contributed by atoms with Crippen molar-refractivity contribution in [3.63, 3.8) is 0 Å². The molecule has 1 saturated heterocycles. The maximum atomic E-state index is 11.0. The normalized spacial score (nSPS) is 18.2. The molecule has 0 unspecified atom stereocenters. The second-order valence-electron chi connectivity index (χ2n) is 6.24. The number of ether oxygens (including phenoxy) is 1. The van der Waals surface area contributed by atoms with Gasteiger partial charge in [0, 0.05) is 43.6 Å². The highest BCUT2D eigenvalue weighted by Gasteiger charge is 2.28. The SMILES string of the molecule is CN=C(NCCCCCCC(=O)OC)N1CCSC(C)(C)C1. The Bertz CT molecular complexity index is 372. The van der Waals surface area contributed by atoms with Crippen molar-refractivity contribution >= 4 is 23.7 Å². The van der Waals surface area contributed by atoms with Gasteiger partial charge in [-0.1, -0.05) is 12.8 Å². The first-order chi connectivity index (χ1) is 10.5. The number of methoxy groups -OCH3 is 1. The van der Waals surface area contributed by atoms with Crippen molar-refractivity contribution in [1.82, 2.24) is 10.2 Å². The Morgan fingerprint density at radius 1 is 1.32 bits per heavy atom. The molecule has 0 radical (unpaired) electrons. The van der Waals surface area contributed by atoms with Gasteiger partial charge in [-0.2, -0.15) is 11.8 Å². The first-order valence-corrected chi connectivity index (χ1v) is 9.13. The molecule has 1 N–H and O–H groups in total. The molecule has 1 heterocycles. The van der Waals surface area contributed by atoms with Gasteiger partial charge < -0.3 is 15.0 Å². The fraction of sp³-hybridized carbons (Fsp3) is 0.875. The number of hydrogen-bond donors (Lipinski definition) is 1. The lowest BCUT2D eigenvalue weighted by molar-refractivity contribution is -0.140. The van der Waals surface area contributed by atoms with Crippen molar-refractivity contribution in [1.29, 1.82) is 0 Å². The number of carbonyl (C=O) groups is 1. The van der Waals surface area contributed by atoms with Gasteiger partial charge >= 0.3 is 5.97 Å². The number of hydrogen-bond acceptors (Lipinski definition) is 4. The van der Waals surface area contributed by atoms with Crippen LogP contribution in [-0.4, -0.2) is 61.1 Å². The van der Waals surface area contributed by atoms with E-state index in [0.29, 0.717) is 11.2 Å². The summed E-state index contributed by atoms with van der Waals surface area (Å²) in [6.07, 6.45) is 4.75. The number of guanidine groups is 1. The predicted molar refractivity (Wildman–Crippen MR) is 94.6 cm³/mol. The lowest BCUT2D eigenvalue weighted by atomic mass is 10.1. The Labute approximate surface area is 139 Å². The fourth-order valence-electron chi connectivity index (χ4n) is 2.58. The lowest BCUT2D eigenvalue weighted by Crippen LogP contribution is -2.51.